The van der Waals surface area contributed by atoms with Crippen molar-refractivity contribution in [1.82, 2.24) is 4.90 Å². The first-order chi connectivity index (χ1) is 15.1. The topological polar surface area (TPSA) is 54.3 Å². The van der Waals surface area contributed by atoms with Crippen LogP contribution in [0, 0.1) is 18.6 Å². The molecule has 0 radical (unpaired) electrons. The van der Waals surface area contributed by atoms with Gasteiger partial charge in [0.05, 0.1) is 24.0 Å². The van der Waals surface area contributed by atoms with Crippen molar-refractivity contribution in [2.75, 3.05) is 19.7 Å². The van der Waals surface area contributed by atoms with Gasteiger partial charge in [0.1, 0.15) is 17.7 Å². The number of hydrogen-bond acceptors (Lipinski definition) is 5. The van der Waals surface area contributed by atoms with E-state index in [4.69, 9.17) is 9.57 Å². The monoisotopic (exact) mass is 446 g/mol. The van der Waals surface area contributed by atoms with Gasteiger partial charge in [0.25, 0.3) is 0 Å². The predicted molar refractivity (Wildman–Crippen MR) is 121 cm³/mol. The molecule has 2 atom stereocenters. The van der Waals surface area contributed by atoms with Gasteiger partial charge in [-0.25, -0.2) is 8.78 Å². The van der Waals surface area contributed by atoms with Gasteiger partial charge in [0.15, 0.2) is 0 Å². The summed E-state index contributed by atoms with van der Waals surface area (Å²) in [5.74, 6) is -1.23. The molecule has 0 fully saturated rings. The normalized spacial score (nSPS) is 17.4. The average Bonchev–Trinajstić information content (AvgIpc) is 3.16. The molecule has 32 heavy (non-hydrogen) atoms. The van der Waals surface area contributed by atoms with E-state index in [9.17, 15) is 13.9 Å². The SMILES string of the molecule is Cc1ccccc1C1=NO[C@H](CN(Cc2ccc(F)cc2F)C[C@@H](O)COC(C)(C)C)C1. The Kier molecular flexibility index (Phi) is 7.98. The first-order valence-electron chi connectivity index (χ1n) is 10.9. The molecule has 0 saturated carbocycles. The smallest absolute Gasteiger partial charge is 0.145 e. The number of oxime groups is 1. The summed E-state index contributed by atoms with van der Waals surface area (Å²) in [6.07, 6.45) is -0.387. The molecule has 0 aromatic heterocycles. The highest BCUT2D eigenvalue weighted by atomic mass is 19.1. The van der Waals surface area contributed by atoms with Crippen LogP contribution in [-0.2, 0) is 16.1 Å². The van der Waals surface area contributed by atoms with Crippen LogP contribution in [0.15, 0.2) is 47.6 Å². The lowest BCUT2D eigenvalue weighted by molar-refractivity contribution is -0.0601. The molecule has 0 saturated heterocycles. The molecular weight excluding hydrogens is 414 g/mol. The van der Waals surface area contributed by atoms with Crippen LogP contribution in [0.4, 0.5) is 8.78 Å². The Balaban J connectivity index is 1.67. The van der Waals surface area contributed by atoms with Gasteiger partial charge in [-0.15, -0.1) is 0 Å². The molecule has 1 aliphatic heterocycles. The lowest BCUT2D eigenvalue weighted by Crippen LogP contribution is -2.40. The van der Waals surface area contributed by atoms with E-state index in [1.807, 2.05) is 56.9 Å². The standard InChI is InChI=1S/C25H32F2N2O3/c1-17-7-5-6-8-22(17)24-12-21(32-28-24)15-29(14-20(30)16-31-25(2,3)4)13-18-9-10-19(26)11-23(18)27/h5-11,20-21,30H,12-16H2,1-4H3/t20-,21+/m1/s1. The maximum atomic E-state index is 14.3. The van der Waals surface area contributed by atoms with E-state index in [0.29, 0.717) is 18.5 Å². The maximum absolute atomic E-state index is 14.3. The van der Waals surface area contributed by atoms with E-state index < -0.39 is 17.7 Å². The zero-order valence-corrected chi connectivity index (χ0v) is 19.1. The third-order valence-corrected chi connectivity index (χ3v) is 5.24. The molecule has 174 valence electrons. The average molecular weight is 447 g/mol. The molecule has 5 nitrogen and oxygen atoms in total. The first-order valence-corrected chi connectivity index (χ1v) is 10.9. The Bertz CT molecular complexity index is 943. The Morgan fingerprint density at radius 1 is 1.22 bits per heavy atom. The second-order valence-electron chi connectivity index (χ2n) is 9.29. The Labute approximate surface area is 188 Å². The molecule has 1 N–H and O–H groups in total. The van der Waals surface area contributed by atoms with Gasteiger partial charge in [-0.1, -0.05) is 35.5 Å². The summed E-state index contributed by atoms with van der Waals surface area (Å²) in [6.45, 7) is 8.84. The number of benzene rings is 2. The highest BCUT2D eigenvalue weighted by Crippen LogP contribution is 2.21. The van der Waals surface area contributed by atoms with E-state index in [0.717, 1.165) is 22.9 Å². The van der Waals surface area contributed by atoms with Gasteiger partial charge in [-0.2, -0.15) is 0 Å². The number of aryl methyl sites for hydroxylation is 1. The van der Waals surface area contributed by atoms with Gasteiger partial charge < -0.3 is 14.7 Å². The molecule has 2 aromatic rings. The summed E-state index contributed by atoms with van der Waals surface area (Å²) in [4.78, 5) is 7.56. The number of nitrogens with zero attached hydrogens (tertiary/aromatic N) is 2. The Morgan fingerprint density at radius 3 is 2.66 bits per heavy atom. The predicted octanol–water partition coefficient (Wildman–Crippen LogP) is 4.44. The van der Waals surface area contributed by atoms with Crippen molar-refractivity contribution in [2.45, 2.75) is 58.5 Å². The second kappa shape index (κ2) is 10.5. The highest BCUT2D eigenvalue weighted by Gasteiger charge is 2.27. The number of rotatable bonds is 9. The molecule has 0 aliphatic carbocycles. The van der Waals surface area contributed by atoms with Crippen molar-refractivity contribution in [3.8, 4) is 0 Å². The third-order valence-electron chi connectivity index (χ3n) is 5.24. The molecule has 2 aromatic carbocycles. The Morgan fingerprint density at radius 2 is 1.97 bits per heavy atom. The molecular formula is C25H32F2N2O3. The van der Waals surface area contributed by atoms with Crippen LogP contribution in [0.2, 0.25) is 0 Å². The molecule has 1 aliphatic rings. The fourth-order valence-corrected chi connectivity index (χ4v) is 3.66. The summed E-state index contributed by atoms with van der Waals surface area (Å²) >= 11 is 0. The largest absolute Gasteiger partial charge is 0.390 e. The molecule has 3 rings (SSSR count). The quantitative estimate of drug-likeness (QED) is 0.619. The van der Waals surface area contributed by atoms with Crippen molar-refractivity contribution in [2.24, 2.45) is 5.16 Å². The van der Waals surface area contributed by atoms with Crippen LogP contribution < -0.4 is 0 Å². The lowest BCUT2D eigenvalue weighted by atomic mass is 10.00. The molecule has 0 bridgehead atoms. The fourth-order valence-electron chi connectivity index (χ4n) is 3.66. The van der Waals surface area contributed by atoms with Gasteiger partial charge in [-0.3, -0.25) is 4.90 Å². The van der Waals surface area contributed by atoms with Crippen molar-refractivity contribution < 1.29 is 23.5 Å². The molecule has 0 amide bonds. The van der Waals surface area contributed by atoms with Gasteiger partial charge in [0.2, 0.25) is 0 Å². The molecule has 1 heterocycles. The second-order valence-corrected chi connectivity index (χ2v) is 9.29. The van der Waals surface area contributed by atoms with Crippen molar-refractivity contribution in [3.63, 3.8) is 0 Å². The summed E-state index contributed by atoms with van der Waals surface area (Å²) in [7, 11) is 0. The zero-order chi connectivity index (χ0) is 23.3. The van der Waals surface area contributed by atoms with Crippen LogP contribution in [0.3, 0.4) is 0 Å². The number of hydrogen-bond donors (Lipinski definition) is 1. The van der Waals surface area contributed by atoms with Crippen LogP contribution in [0.5, 0.6) is 0 Å². The van der Waals surface area contributed by atoms with Gasteiger partial charge in [-0.05, 0) is 39.3 Å². The molecule has 0 spiro atoms. The van der Waals surface area contributed by atoms with Crippen LogP contribution in [-0.4, -0.2) is 53.2 Å². The van der Waals surface area contributed by atoms with E-state index in [2.05, 4.69) is 5.16 Å². The minimum atomic E-state index is -0.768. The molecule has 0 unspecified atom stereocenters. The zero-order valence-electron chi connectivity index (χ0n) is 19.1. The van der Waals surface area contributed by atoms with E-state index in [1.54, 1.807) is 0 Å². The van der Waals surface area contributed by atoms with Crippen LogP contribution >= 0.6 is 0 Å². The van der Waals surface area contributed by atoms with Gasteiger partial charge >= 0.3 is 0 Å². The van der Waals surface area contributed by atoms with Crippen molar-refractivity contribution >= 4 is 5.71 Å². The van der Waals surface area contributed by atoms with Crippen LogP contribution in [0.25, 0.3) is 0 Å². The van der Waals surface area contributed by atoms with E-state index >= 15 is 0 Å². The Hall–Kier alpha value is -2.35. The molecule has 7 heteroatoms. The van der Waals surface area contributed by atoms with Crippen molar-refractivity contribution in [1.29, 1.82) is 0 Å². The number of ether oxygens (including phenoxy) is 1. The summed E-state index contributed by atoms with van der Waals surface area (Å²) < 4.78 is 33.3. The number of aliphatic hydroxyl groups is 1. The summed E-state index contributed by atoms with van der Waals surface area (Å²) in [6, 6.07) is 11.5. The lowest BCUT2D eigenvalue weighted by Gasteiger charge is -2.28. The highest BCUT2D eigenvalue weighted by molar-refractivity contribution is 6.02. The van der Waals surface area contributed by atoms with E-state index in [-0.39, 0.29) is 31.4 Å². The number of halogens is 2. The minimum absolute atomic E-state index is 0.155. The maximum Gasteiger partial charge on any atom is 0.145 e. The van der Waals surface area contributed by atoms with Gasteiger partial charge in [0, 0.05) is 43.2 Å². The summed E-state index contributed by atoms with van der Waals surface area (Å²) in [5.41, 5.74) is 3.02. The third kappa shape index (κ3) is 7.08. The summed E-state index contributed by atoms with van der Waals surface area (Å²) in [5, 5.41) is 14.8. The first kappa shape index (κ1) is 24.3. The van der Waals surface area contributed by atoms with Crippen LogP contribution in [0.1, 0.15) is 43.9 Å². The number of aliphatic hydroxyl groups excluding tert-OH is 1. The minimum Gasteiger partial charge on any atom is -0.390 e. The van der Waals surface area contributed by atoms with E-state index in [1.165, 1.54) is 12.1 Å². The van der Waals surface area contributed by atoms with Crippen molar-refractivity contribution in [3.05, 3.63) is 70.8 Å². The fraction of sp³-hybridized carbons (Fsp3) is 0.480.